The first-order valence-electron chi connectivity index (χ1n) is 8.60. The van der Waals surface area contributed by atoms with Gasteiger partial charge in [-0.05, 0) is 41.6 Å². The lowest BCUT2D eigenvalue weighted by Crippen LogP contribution is -2.25. The van der Waals surface area contributed by atoms with Gasteiger partial charge in [0.2, 0.25) is 0 Å². The van der Waals surface area contributed by atoms with Crippen LogP contribution in [0.5, 0.6) is 0 Å². The van der Waals surface area contributed by atoms with E-state index in [2.05, 4.69) is 43.3 Å². The highest BCUT2D eigenvalue weighted by Gasteiger charge is 2.29. The molecule has 1 aliphatic rings. The number of nitrogens with zero attached hydrogens (tertiary/aromatic N) is 1. The number of rotatable bonds is 4. The highest BCUT2D eigenvalue weighted by Crippen LogP contribution is 2.32. The number of hydrogen-bond donors (Lipinski definition) is 0. The predicted molar refractivity (Wildman–Crippen MR) is 108 cm³/mol. The van der Waals surface area contributed by atoms with Crippen LogP contribution in [0.15, 0.2) is 83.8 Å². The molecule has 0 fully saturated rings. The number of aryl methyl sites for hydroxylation is 1. The highest BCUT2D eigenvalue weighted by molar-refractivity contribution is 7.10. The molecule has 2 aromatic carbocycles. The molecule has 0 bridgehead atoms. The van der Waals surface area contributed by atoms with Crippen molar-refractivity contribution in [2.45, 2.75) is 13.5 Å². The Labute approximate surface area is 157 Å². The van der Waals surface area contributed by atoms with Crippen molar-refractivity contribution in [3.8, 4) is 0 Å². The van der Waals surface area contributed by atoms with E-state index in [0.29, 0.717) is 6.54 Å². The van der Waals surface area contributed by atoms with Crippen molar-refractivity contribution < 1.29 is 4.79 Å². The number of thiophene rings is 1. The summed E-state index contributed by atoms with van der Waals surface area (Å²) in [5.41, 5.74) is 5.09. The number of amides is 1. The fourth-order valence-electron chi connectivity index (χ4n) is 3.07. The van der Waals surface area contributed by atoms with E-state index in [1.807, 2.05) is 52.8 Å². The zero-order chi connectivity index (χ0) is 17.9. The number of carbonyl (C=O) groups excluding carboxylic acids is 1. The van der Waals surface area contributed by atoms with Gasteiger partial charge in [-0.1, -0.05) is 66.2 Å². The first-order chi connectivity index (χ1) is 12.7. The minimum absolute atomic E-state index is 0.0535. The second-order valence-corrected chi connectivity index (χ2v) is 7.37. The van der Waals surface area contributed by atoms with E-state index in [0.717, 1.165) is 27.3 Å². The van der Waals surface area contributed by atoms with E-state index in [4.69, 9.17) is 0 Å². The molecule has 1 aromatic heterocycles. The molecule has 0 saturated heterocycles. The van der Waals surface area contributed by atoms with Crippen LogP contribution < -0.4 is 0 Å². The Morgan fingerprint density at radius 3 is 2.42 bits per heavy atom. The third kappa shape index (κ3) is 3.39. The number of carbonyl (C=O) groups is 1. The van der Waals surface area contributed by atoms with Crippen LogP contribution >= 0.6 is 11.3 Å². The van der Waals surface area contributed by atoms with Gasteiger partial charge in [-0.15, -0.1) is 11.3 Å². The first kappa shape index (κ1) is 16.6. The van der Waals surface area contributed by atoms with Crippen molar-refractivity contribution in [3.63, 3.8) is 0 Å². The summed E-state index contributed by atoms with van der Waals surface area (Å²) in [6, 6.07) is 22.5. The van der Waals surface area contributed by atoms with Crippen LogP contribution in [-0.2, 0) is 11.3 Å². The maximum absolute atomic E-state index is 13.1. The smallest absolute Gasteiger partial charge is 0.258 e. The molecule has 1 aliphatic heterocycles. The summed E-state index contributed by atoms with van der Waals surface area (Å²) in [7, 11) is 0. The molecule has 2 nitrogen and oxygen atoms in total. The summed E-state index contributed by atoms with van der Waals surface area (Å²) in [5.74, 6) is 0.0535. The molecular weight excluding hydrogens is 338 g/mol. The van der Waals surface area contributed by atoms with Crippen LogP contribution in [-0.4, -0.2) is 10.8 Å². The molecule has 4 rings (SSSR count). The lowest BCUT2D eigenvalue weighted by atomic mass is 10.1. The van der Waals surface area contributed by atoms with Crippen LogP contribution in [0.3, 0.4) is 0 Å². The topological polar surface area (TPSA) is 20.3 Å². The van der Waals surface area contributed by atoms with E-state index in [-0.39, 0.29) is 5.91 Å². The van der Waals surface area contributed by atoms with Gasteiger partial charge < -0.3 is 4.90 Å². The fraction of sp³-hybridized carbons (Fsp3) is 0.0870. The first-order valence-corrected chi connectivity index (χ1v) is 9.48. The van der Waals surface area contributed by atoms with Crippen LogP contribution in [0.4, 0.5) is 0 Å². The average molecular weight is 357 g/mol. The minimum Gasteiger partial charge on any atom is -0.303 e. The Hall–Kier alpha value is -2.91. The molecule has 26 heavy (non-hydrogen) atoms. The molecule has 3 heteroatoms. The quantitative estimate of drug-likeness (QED) is 0.563. The summed E-state index contributed by atoms with van der Waals surface area (Å²) in [6.45, 7) is 2.64. The van der Waals surface area contributed by atoms with Crippen LogP contribution in [0.25, 0.3) is 11.8 Å². The molecule has 0 spiro atoms. The summed E-state index contributed by atoms with van der Waals surface area (Å²) in [5, 5.41) is 2.03. The molecular formula is C23H19NOS. The van der Waals surface area contributed by atoms with Gasteiger partial charge in [0, 0.05) is 10.5 Å². The SMILES string of the molecule is Cc1ccc(C2=C/C(=C\c3cccs3)C(=O)N2Cc2ccccc2)cc1. The average Bonchev–Trinajstić information content (AvgIpc) is 3.27. The molecule has 0 radical (unpaired) electrons. The molecule has 0 atom stereocenters. The van der Waals surface area contributed by atoms with Gasteiger partial charge in [0.1, 0.15) is 0 Å². The van der Waals surface area contributed by atoms with Crippen molar-refractivity contribution in [1.82, 2.24) is 4.90 Å². The standard InChI is InChI=1S/C23H19NOS/c1-17-9-11-19(12-10-17)22-15-20(14-21-8-5-13-26-21)23(25)24(22)16-18-6-3-2-4-7-18/h2-15H,16H2,1H3/b20-14+. The molecule has 3 aromatic rings. The lowest BCUT2D eigenvalue weighted by molar-refractivity contribution is -0.123. The van der Waals surface area contributed by atoms with Crippen LogP contribution in [0.1, 0.15) is 21.6 Å². The summed E-state index contributed by atoms with van der Waals surface area (Å²) >= 11 is 1.64. The van der Waals surface area contributed by atoms with E-state index in [9.17, 15) is 4.79 Å². The number of hydrogen-bond acceptors (Lipinski definition) is 2. The largest absolute Gasteiger partial charge is 0.303 e. The third-order valence-corrected chi connectivity index (χ3v) is 5.27. The molecule has 2 heterocycles. The maximum Gasteiger partial charge on any atom is 0.258 e. The molecule has 128 valence electrons. The van der Waals surface area contributed by atoms with Gasteiger partial charge in [-0.3, -0.25) is 4.79 Å². The molecule has 0 saturated carbocycles. The van der Waals surface area contributed by atoms with Crippen LogP contribution in [0.2, 0.25) is 0 Å². The molecule has 1 amide bonds. The highest BCUT2D eigenvalue weighted by atomic mass is 32.1. The Kier molecular flexibility index (Phi) is 4.55. The van der Waals surface area contributed by atoms with E-state index >= 15 is 0 Å². The van der Waals surface area contributed by atoms with E-state index in [1.54, 1.807) is 11.3 Å². The van der Waals surface area contributed by atoms with Gasteiger partial charge in [0.05, 0.1) is 12.2 Å². The second kappa shape index (κ2) is 7.14. The van der Waals surface area contributed by atoms with E-state index in [1.165, 1.54) is 5.56 Å². The Bertz CT molecular complexity index is 967. The predicted octanol–water partition coefficient (Wildman–Crippen LogP) is 5.52. The van der Waals surface area contributed by atoms with Crippen molar-refractivity contribution in [1.29, 1.82) is 0 Å². The minimum atomic E-state index is 0.0535. The number of benzene rings is 2. The van der Waals surface area contributed by atoms with Crippen molar-refractivity contribution >= 4 is 29.0 Å². The Balaban J connectivity index is 1.74. The van der Waals surface area contributed by atoms with Gasteiger partial charge in [0.25, 0.3) is 5.91 Å². The van der Waals surface area contributed by atoms with Gasteiger partial charge in [0.15, 0.2) is 0 Å². The van der Waals surface area contributed by atoms with Crippen molar-refractivity contribution in [3.05, 3.63) is 105 Å². The van der Waals surface area contributed by atoms with Crippen molar-refractivity contribution in [2.24, 2.45) is 0 Å². The Morgan fingerprint density at radius 2 is 1.73 bits per heavy atom. The van der Waals surface area contributed by atoms with Gasteiger partial charge in [-0.2, -0.15) is 0 Å². The van der Waals surface area contributed by atoms with Crippen molar-refractivity contribution in [2.75, 3.05) is 0 Å². The van der Waals surface area contributed by atoms with Crippen LogP contribution in [0, 0.1) is 6.92 Å². The monoisotopic (exact) mass is 357 g/mol. The Morgan fingerprint density at radius 1 is 0.962 bits per heavy atom. The van der Waals surface area contributed by atoms with Gasteiger partial charge >= 0.3 is 0 Å². The fourth-order valence-corrected chi connectivity index (χ4v) is 3.74. The summed E-state index contributed by atoms with van der Waals surface area (Å²) < 4.78 is 0. The molecule has 0 aliphatic carbocycles. The van der Waals surface area contributed by atoms with Gasteiger partial charge in [-0.25, -0.2) is 0 Å². The normalized spacial score (nSPS) is 15.6. The summed E-state index contributed by atoms with van der Waals surface area (Å²) in [4.78, 5) is 16.1. The van der Waals surface area contributed by atoms with E-state index < -0.39 is 0 Å². The summed E-state index contributed by atoms with van der Waals surface area (Å²) in [6.07, 6.45) is 3.99. The molecule has 0 unspecified atom stereocenters. The zero-order valence-electron chi connectivity index (χ0n) is 14.6. The second-order valence-electron chi connectivity index (χ2n) is 6.39. The maximum atomic E-state index is 13.1. The zero-order valence-corrected chi connectivity index (χ0v) is 15.4. The molecule has 0 N–H and O–H groups in total. The lowest BCUT2D eigenvalue weighted by Gasteiger charge is -2.21. The third-order valence-electron chi connectivity index (χ3n) is 4.45.